The lowest BCUT2D eigenvalue weighted by atomic mass is 10.2. The number of imide groups is 1. The first-order valence-electron chi connectivity index (χ1n) is 8.26. The van der Waals surface area contributed by atoms with E-state index in [1.165, 1.54) is 4.90 Å². The van der Waals surface area contributed by atoms with E-state index in [1.54, 1.807) is 7.05 Å². The van der Waals surface area contributed by atoms with E-state index < -0.39 is 6.10 Å². The van der Waals surface area contributed by atoms with Gasteiger partial charge in [0.15, 0.2) is 0 Å². The number of β-amino-alcohol motifs (C(OH)–C–C–N with tert-alkyl or cyclic N) is 1. The fraction of sp³-hybridized carbons (Fsp3) is 0.263. The quantitative estimate of drug-likeness (QED) is 0.741. The van der Waals surface area contributed by atoms with Gasteiger partial charge in [0.05, 0.1) is 19.2 Å². The second kappa shape index (κ2) is 5.89. The van der Waals surface area contributed by atoms with Crippen LogP contribution in [0.3, 0.4) is 0 Å². The summed E-state index contributed by atoms with van der Waals surface area (Å²) in [5.74, 6) is -0.270. The van der Waals surface area contributed by atoms with Crippen molar-refractivity contribution in [3.05, 3.63) is 48.5 Å². The van der Waals surface area contributed by atoms with Gasteiger partial charge in [0.2, 0.25) is 5.91 Å². The monoisotopic (exact) mass is 337 g/mol. The van der Waals surface area contributed by atoms with Gasteiger partial charge in [0.1, 0.15) is 6.54 Å². The first kappa shape index (κ1) is 15.7. The van der Waals surface area contributed by atoms with Gasteiger partial charge in [0, 0.05) is 28.9 Å². The summed E-state index contributed by atoms with van der Waals surface area (Å²) in [5.41, 5.74) is 2.05. The minimum absolute atomic E-state index is 0.00282. The van der Waals surface area contributed by atoms with E-state index in [4.69, 9.17) is 0 Å². The van der Waals surface area contributed by atoms with Crippen LogP contribution in [0.1, 0.15) is 0 Å². The molecular formula is C19H19N3O3. The Morgan fingerprint density at radius 3 is 2.04 bits per heavy atom. The molecule has 1 atom stereocenters. The van der Waals surface area contributed by atoms with E-state index in [0.29, 0.717) is 6.54 Å². The number of para-hydroxylation sites is 2. The molecule has 2 heterocycles. The lowest BCUT2D eigenvalue weighted by Gasteiger charge is -2.19. The molecule has 0 saturated carbocycles. The van der Waals surface area contributed by atoms with Crippen molar-refractivity contribution in [3.8, 4) is 0 Å². The van der Waals surface area contributed by atoms with E-state index >= 15 is 0 Å². The Kier molecular flexibility index (Phi) is 3.69. The molecule has 1 fully saturated rings. The zero-order valence-corrected chi connectivity index (χ0v) is 13.9. The molecule has 0 spiro atoms. The van der Waals surface area contributed by atoms with Crippen molar-refractivity contribution in [1.29, 1.82) is 0 Å². The lowest BCUT2D eigenvalue weighted by Crippen LogP contribution is -2.39. The second-order valence-electron chi connectivity index (χ2n) is 6.44. The van der Waals surface area contributed by atoms with Crippen molar-refractivity contribution < 1.29 is 14.7 Å². The Labute approximate surface area is 144 Å². The van der Waals surface area contributed by atoms with Crippen molar-refractivity contribution in [2.75, 3.05) is 20.1 Å². The van der Waals surface area contributed by atoms with E-state index in [9.17, 15) is 14.7 Å². The number of hydrogen-bond acceptors (Lipinski definition) is 3. The van der Waals surface area contributed by atoms with E-state index in [-0.39, 0.29) is 25.0 Å². The van der Waals surface area contributed by atoms with Crippen molar-refractivity contribution in [1.82, 2.24) is 14.4 Å². The van der Waals surface area contributed by atoms with Gasteiger partial charge in [-0.2, -0.15) is 0 Å². The van der Waals surface area contributed by atoms with E-state index in [1.807, 2.05) is 41.0 Å². The number of likely N-dealkylation sites (N-methyl/N-ethyl adjacent to an activating group) is 1. The third-order valence-corrected chi connectivity index (χ3v) is 4.70. The number of amides is 3. The van der Waals surface area contributed by atoms with Crippen molar-refractivity contribution in [2.24, 2.45) is 0 Å². The molecule has 3 amide bonds. The number of carbonyl (C=O) groups is 2. The number of urea groups is 1. The molecule has 3 aromatic rings. The SMILES string of the molecule is CN1CC(=O)N(C[C@@H](O)Cn2c3ccccc3c3ccccc32)C1=O. The number of aromatic nitrogens is 1. The maximum Gasteiger partial charge on any atom is 0.327 e. The molecule has 1 aliphatic rings. The summed E-state index contributed by atoms with van der Waals surface area (Å²) in [5, 5.41) is 12.8. The molecule has 0 aliphatic carbocycles. The predicted octanol–water partition coefficient (Wildman–Crippen LogP) is 2.05. The van der Waals surface area contributed by atoms with Crippen LogP contribution < -0.4 is 0 Å². The van der Waals surface area contributed by atoms with Gasteiger partial charge in [-0.1, -0.05) is 36.4 Å². The van der Waals surface area contributed by atoms with Gasteiger partial charge in [0.25, 0.3) is 0 Å². The van der Waals surface area contributed by atoms with E-state index in [0.717, 1.165) is 26.7 Å². The number of aliphatic hydroxyl groups excluding tert-OH is 1. The smallest absolute Gasteiger partial charge is 0.327 e. The number of nitrogens with zero attached hydrogens (tertiary/aromatic N) is 3. The van der Waals surface area contributed by atoms with Crippen LogP contribution in [0.5, 0.6) is 0 Å². The van der Waals surface area contributed by atoms with Crippen molar-refractivity contribution in [3.63, 3.8) is 0 Å². The molecule has 6 heteroatoms. The number of aliphatic hydroxyl groups is 1. The summed E-state index contributed by atoms with van der Waals surface area (Å²) in [4.78, 5) is 26.4. The van der Waals surface area contributed by atoms with Crippen LogP contribution in [0.15, 0.2) is 48.5 Å². The molecule has 128 valence electrons. The van der Waals surface area contributed by atoms with Gasteiger partial charge in [-0.3, -0.25) is 9.69 Å². The highest BCUT2D eigenvalue weighted by Gasteiger charge is 2.34. The molecule has 2 aromatic carbocycles. The van der Waals surface area contributed by atoms with Crippen LogP contribution in [-0.4, -0.2) is 57.7 Å². The molecule has 0 unspecified atom stereocenters. The Morgan fingerprint density at radius 1 is 0.960 bits per heavy atom. The molecule has 1 N–H and O–H groups in total. The molecule has 25 heavy (non-hydrogen) atoms. The normalized spacial score (nSPS) is 16.4. The first-order valence-corrected chi connectivity index (χ1v) is 8.26. The highest BCUT2D eigenvalue weighted by molar-refractivity contribution is 6.08. The highest BCUT2D eigenvalue weighted by atomic mass is 16.3. The zero-order valence-electron chi connectivity index (χ0n) is 13.9. The zero-order chi connectivity index (χ0) is 17.6. The van der Waals surface area contributed by atoms with E-state index in [2.05, 4.69) is 12.1 Å². The van der Waals surface area contributed by atoms with Gasteiger partial charge in [-0.25, -0.2) is 4.79 Å². The van der Waals surface area contributed by atoms with Crippen LogP contribution in [0.2, 0.25) is 0 Å². The van der Waals surface area contributed by atoms with Gasteiger partial charge in [-0.05, 0) is 12.1 Å². The summed E-state index contributed by atoms with van der Waals surface area (Å²) in [6, 6.07) is 15.7. The largest absolute Gasteiger partial charge is 0.389 e. The predicted molar refractivity (Wildman–Crippen MR) is 95.2 cm³/mol. The average Bonchev–Trinajstić information content (AvgIpc) is 3.05. The maximum atomic E-state index is 12.0. The van der Waals surface area contributed by atoms with Gasteiger partial charge >= 0.3 is 6.03 Å². The molecule has 1 saturated heterocycles. The number of benzene rings is 2. The Bertz CT molecular complexity index is 925. The molecule has 0 radical (unpaired) electrons. The fourth-order valence-corrected chi connectivity index (χ4v) is 3.53. The molecule has 4 rings (SSSR count). The summed E-state index contributed by atoms with van der Waals surface area (Å²) < 4.78 is 2.05. The number of hydrogen-bond donors (Lipinski definition) is 1. The Hall–Kier alpha value is -2.86. The summed E-state index contributed by atoms with van der Waals surface area (Å²) >= 11 is 0. The fourth-order valence-electron chi connectivity index (χ4n) is 3.53. The maximum absolute atomic E-state index is 12.0. The minimum atomic E-state index is -0.835. The number of carbonyl (C=O) groups excluding carboxylic acids is 2. The second-order valence-corrected chi connectivity index (χ2v) is 6.44. The topological polar surface area (TPSA) is 65.8 Å². The summed E-state index contributed by atoms with van der Waals surface area (Å²) in [7, 11) is 1.58. The van der Waals surface area contributed by atoms with Gasteiger partial charge in [-0.15, -0.1) is 0 Å². The lowest BCUT2D eigenvalue weighted by molar-refractivity contribution is -0.126. The molecule has 0 bridgehead atoms. The van der Waals surface area contributed by atoms with Crippen LogP contribution in [-0.2, 0) is 11.3 Å². The molecular weight excluding hydrogens is 318 g/mol. The first-order chi connectivity index (χ1) is 12.1. The third kappa shape index (κ3) is 2.55. The van der Waals surface area contributed by atoms with Crippen LogP contribution in [0.25, 0.3) is 21.8 Å². The summed E-state index contributed by atoms with van der Waals surface area (Å²) in [6.45, 7) is 0.387. The minimum Gasteiger partial charge on any atom is -0.389 e. The molecule has 1 aliphatic heterocycles. The third-order valence-electron chi connectivity index (χ3n) is 4.70. The van der Waals surface area contributed by atoms with Crippen molar-refractivity contribution >= 4 is 33.7 Å². The number of fused-ring (bicyclic) bond motifs is 3. The van der Waals surface area contributed by atoms with Crippen molar-refractivity contribution in [2.45, 2.75) is 12.6 Å². The highest BCUT2D eigenvalue weighted by Crippen LogP contribution is 2.29. The van der Waals surface area contributed by atoms with Gasteiger partial charge < -0.3 is 14.6 Å². The Morgan fingerprint density at radius 2 is 1.52 bits per heavy atom. The standard InChI is InChI=1S/C19H19N3O3/c1-20-12-18(24)22(19(20)25)11-13(23)10-21-16-8-4-2-6-14(16)15-7-3-5-9-17(15)21/h2-9,13,23H,10-12H2,1H3/t13-/m0/s1. The van der Waals surface area contributed by atoms with Crippen LogP contribution in [0, 0.1) is 0 Å². The number of rotatable bonds is 4. The van der Waals surface area contributed by atoms with Crippen LogP contribution >= 0.6 is 0 Å². The summed E-state index contributed by atoms with van der Waals surface area (Å²) in [6.07, 6.45) is -0.835. The molecule has 6 nitrogen and oxygen atoms in total. The average molecular weight is 337 g/mol. The van der Waals surface area contributed by atoms with Crippen LogP contribution in [0.4, 0.5) is 4.79 Å². The Balaban J connectivity index is 1.66. The molecule has 1 aromatic heterocycles.